The van der Waals surface area contributed by atoms with E-state index in [2.05, 4.69) is 33.4 Å². The van der Waals surface area contributed by atoms with Crippen LogP contribution in [0.25, 0.3) is 0 Å². The molecule has 25 atom stereocenters. The van der Waals surface area contributed by atoms with E-state index in [-0.39, 0.29) is 24.2 Å². The van der Waals surface area contributed by atoms with Crippen molar-refractivity contribution in [2.75, 3.05) is 13.2 Å². The highest BCUT2D eigenvalue weighted by molar-refractivity contribution is 5.79. The van der Waals surface area contributed by atoms with Gasteiger partial charge < -0.3 is 89.7 Å². The second-order valence-electron chi connectivity index (χ2n) is 22.1. The molecule has 5 aliphatic carbocycles. The van der Waals surface area contributed by atoms with Crippen molar-refractivity contribution in [3.8, 4) is 0 Å². The number of carboxylic acid groups (broad SMARTS) is 1. The third-order valence-electron chi connectivity index (χ3n) is 18.7. The van der Waals surface area contributed by atoms with E-state index in [4.69, 9.17) is 28.4 Å². The summed E-state index contributed by atoms with van der Waals surface area (Å²) < 4.78 is 34.8. The van der Waals surface area contributed by atoms with Crippen molar-refractivity contribution in [1.29, 1.82) is 0 Å². The predicted molar refractivity (Wildman–Crippen MR) is 227 cm³/mol. The molecule has 0 amide bonds. The first kappa shape index (κ1) is 51.1. The van der Waals surface area contributed by atoms with Gasteiger partial charge in [-0.05, 0) is 92.8 Å². The van der Waals surface area contributed by atoms with E-state index < -0.39 is 157 Å². The van der Waals surface area contributed by atoms with Crippen LogP contribution in [0, 0.1) is 44.8 Å². The first-order chi connectivity index (χ1) is 31.3. The van der Waals surface area contributed by atoms with Crippen molar-refractivity contribution in [3.63, 3.8) is 0 Å². The van der Waals surface area contributed by atoms with E-state index in [1.807, 2.05) is 0 Å². The lowest BCUT2D eigenvalue weighted by molar-refractivity contribution is -0.369. The molecule has 4 saturated carbocycles. The highest BCUT2D eigenvalue weighted by atomic mass is 16.7. The SMILES string of the molecule is C=C1CC[C@]2(C(=O)O[C@@H]3O[C@H](CO)[C@@H](O)[C@H](O)[C@H]3O)CC[C@]3(C)C(=CCC4[C@@]5(C)C[C@@H](O)[C@@H](O[C@@H]6O[C@H](C(=O)O)[C@@H](O)[C@H](O[C@@H]7O[C@@H](C)[C@H](O)[C@@H](O)[C@H]7O)[C@H]6O)[C@@](C)(CO)C5CC[C@]43C)[C@@H]2C1. The summed E-state index contributed by atoms with van der Waals surface area (Å²) in [4.78, 5) is 27.0. The molecule has 0 bridgehead atoms. The van der Waals surface area contributed by atoms with Crippen LogP contribution in [0.5, 0.6) is 0 Å². The van der Waals surface area contributed by atoms with Crippen molar-refractivity contribution in [2.24, 2.45) is 44.8 Å². The molecule has 8 aliphatic rings. The summed E-state index contributed by atoms with van der Waals surface area (Å²) in [5, 5.41) is 129. The maximum atomic E-state index is 14.5. The molecule has 67 heavy (non-hydrogen) atoms. The summed E-state index contributed by atoms with van der Waals surface area (Å²) in [5.74, 6) is -2.91. The third kappa shape index (κ3) is 7.79. The van der Waals surface area contributed by atoms with Gasteiger partial charge in [-0.15, -0.1) is 0 Å². The Balaban J connectivity index is 1.05. The lowest BCUT2D eigenvalue weighted by Gasteiger charge is -2.71. The largest absolute Gasteiger partial charge is 0.479 e. The Morgan fingerprint density at radius 2 is 1.42 bits per heavy atom. The number of fused-ring (bicyclic) bond motifs is 7. The topological polar surface area (TPSA) is 332 Å². The number of hydrogen-bond donors (Lipinski definition) is 12. The minimum absolute atomic E-state index is 0.0617. The fraction of sp³-hybridized carbons (Fsp3) is 0.872. The first-order valence-electron chi connectivity index (χ1n) is 23.8. The molecule has 3 saturated heterocycles. The van der Waals surface area contributed by atoms with Gasteiger partial charge in [-0.2, -0.15) is 0 Å². The van der Waals surface area contributed by atoms with Crippen LogP contribution in [0.4, 0.5) is 0 Å². The number of carbonyl (C=O) groups excluding carboxylic acids is 1. The molecule has 20 nitrogen and oxygen atoms in total. The standard InChI is InChI=1S/C47H72O20/c1-19-9-12-47(42(61)67-40-32(56)30(54)28(52)24(17-48)63-40)14-13-45(5)21(22(47)15-19)7-8-26-43(3)16-23(50)37(44(4,18-49)25(43)10-11-46(26,45)6)66-41-34(58)35(33(57)36(65-41)38(59)60)64-39-31(55)29(53)27(51)20(2)62-39/h7,20,22-37,39-41,48-58H,1,8-18H2,2-6H3,(H,59,60)/t20-,22-,23+,24+,25?,26?,27-,28+,29+,30-,31+,32+,33-,34+,35-,36-,37+,39-,40-,41-,43-,44-,45+,46+,47-/m0/s1. The molecule has 0 aromatic carbocycles. The number of hydrogen-bond acceptors (Lipinski definition) is 19. The number of aliphatic hydroxyl groups is 11. The van der Waals surface area contributed by atoms with Gasteiger partial charge in [0.2, 0.25) is 6.29 Å². The highest BCUT2D eigenvalue weighted by Crippen LogP contribution is 2.75. The molecule has 380 valence electrons. The van der Waals surface area contributed by atoms with E-state index in [1.54, 1.807) is 6.92 Å². The molecule has 0 radical (unpaired) electrons. The molecule has 3 heterocycles. The second-order valence-corrected chi connectivity index (χ2v) is 22.1. The Hall–Kier alpha value is -2.22. The number of ether oxygens (including phenoxy) is 6. The van der Waals surface area contributed by atoms with Gasteiger partial charge in [0.1, 0.15) is 61.0 Å². The molecule has 7 fully saturated rings. The van der Waals surface area contributed by atoms with Crippen LogP contribution in [0.1, 0.15) is 92.4 Å². The Kier molecular flexibility index (Phi) is 13.8. The smallest absolute Gasteiger partial charge is 0.335 e. The van der Waals surface area contributed by atoms with E-state index >= 15 is 0 Å². The van der Waals surface area contributed by atoms with Crippen LogP contribution in [-0.2, 0) is 38.0 Å². The molecule has 12 N–H and O–H groups in total. The zero-order chi connectivity index (χ0) is 49.1. The van der Waals surface area contributed by atoms with E-state index in [9.17, 15) is 70.9 Å². The lowest BCUT2D eigenvalue weighted by Crippen LogP contribution is -2.70. The lowest BCUT2D eigenvalue weighted by atomic mass is 9.33. The van der Waals surface area contributed by atoms with Crippen LogP contribution in [0.2, 0.25) is 0 Å². The molecule has 3 aliphatic heterocycles. The summed E-state index contributed by atoms with van der Waals surface area (Å²) in [7, 11) is 0. The molecular weight excluding hydrogens is 884 g/mol. The van der Waals surface area contributed by atoms with Gasteiger partial charge in [-0.1, -0.05) is 51.5 Å². The van der Waals surface area contributed by atoms with Crippen LogP contribution in [0.15, 0.2) is 23.8 Å². The Morgan fingerprint density at radius 3 is 2.07 bits per heavy atom. The Morgan fingerprint density at radius 1 is 0.761 bits per heavy atom. The van der Waals surface area contributed by atoms with Crippen LogP contribution >= 0.6 is 0 Å². The van der Waals surface area contributed by atoms with Crippen LogP contribution < -0.4 is 0 Å². The van der Waals surface area contributed by atoms with Gasteiger partial charge in [0, 0.05) is 11.3 Å². The Labute approximate surface area is 389 Å². The van der Waals surface area contributed by atoms with Crippen molar-refractivity contribution in [2.45, 2.75) is 197 Å². The van der Waals surface area contributed by atoms with Crippen molar-refractivity contribution in [3.05, 3.63) is 23.8 Å². The molecule has 20 heteroatoms. The fourth-order valence-electron chi connectivity index (χ4n) is 14.7. The number of carboxylic acids is 1. The van der Waals surface area contributed by atoms with E-state index in [1.165, 1.54) is 6.92 Å². The predicted octanol–water partition coefficient (Wildman–Crippen LogP) is -1.27. The molecule has 0 spiro atoms. The van der Waals surface area contributed by atoms with E-state index in [0.717, 1.165) is 11.1 Å². The zero-order valence-corrected chi connectivity index (χ0v) is 38.7. The maximum absolute atomic E-state index is 14.5. The van der Waals surface area contributed by atoms with Gasteiger partial charge in [0.05, 0.1) is 36.9 Å². The molecule has 2 unspecified atom stereocenters. The third-order valence-corrected chi connectivity index (χ3v) is 18.7. The molecule has 8 rings (SSSR count). The minimum atomic E-state index is -2.03. The minimum Gasteiger partial charge on any atom is -0.479 e. The van der Waals surface area contributed by atoms with E-state index in [0.29, 0.717) is 51.4 Å². The number of allylic oxidation sites excluding steroid dienone is 3. The summed E-state index contributed by atoms with van der Waals surface area (Å²) in [5.41, 5.74) is -1.63. The Bertz CT molecular complexity index is 1920. The summed E-state index contributed by atoms with van der Waals surface area (Å²) in [6.45, 7) is 13.0. The van der Waals surface area contributed by atoms with Crippen LogP contribution in [-0.4, -0.2) is 191 Å². The first-order valence-corrected chi connectivity index (χ1v) is 23.8. The molecule has 0 aromatic heterocycles. The van der Waals surface area contributed by atoms with Gasteiger partial charge in [-0.3, -0.25) is 4.79 Å². The summed E-state index contributed by atoms with van der Waals surface area (Å²) in [6.07, 6.45) is -21.2. The maximum Gasteiger partial charge on any atom is 0.335 e. The van der Waals surface area contributed by atoms with Gasteiger partial charge in [0.15, 0.2) is 18.7 Å². The number of rotatable bonds is 9. The normalized spacial score (nSPS) is 54.4. The number of aliphatic carboxylic acids is 1. The average molecular weight is 957 g/mol. The monoisotopic (exact) mass is 956 g/mol. The molecular formula is C47H72O20. The van der Waals surface area contributed by atoms with Crippen molar-refractivity contribution < 1.29 is 99.3 Å². The van der Waals surface area contributed by atoms with Gasteiger partial charge in [-0.25, -0.2) is 4.79 Å². The summed E-state index contributed by atoms with van der Waals surface area (Å²) >= 11 is 0. The van der Waals surface area contributed by atoms with Gasteiger partial charge >= 0.3 is 11.9 Å². The number of esters is 1. The van der Waals surface area contributed by atoms with Crippen LogP contribution in [0.3, 0.4) is 0 Å². The zero-order valence-electron chi connectivity index (χ0n) is 38.7. The van der Waals surface area contributed by atoms with Gasteiger partial charge in [0.25, 0.3) is 0 Å². The average Bonchev–Trinajstić information content (AvgIpc) is 3.28. The number of aliphatic hydroxyl groups excluding tert-OH is 11. The quantitative estimate of drug-likeness (QED) is 0.0729. The summed E-state index contributed by atoms with van der Waals surface area (Å²) in [6, 6.07) is 0. The number of carbonyl (C=O) groups is 2. The highest BCUT2D eigenvalue weighted by Gasteiger charge is 2.71. The second kappa shape index (κ2) is 18.1. The van der Waals surface area contributed by atoms with Crippen molar-refractivity contribution >= 4 is 11.9 Å². The van der Waals surface area contributed by atoms with Crippen molar-refractivity contribution in [1.82, 2.24) is 0 Å². The molecule has 0 aromatic rings. The fourth-order valence-corrected chi connectivity index (χ4v) is 14.7.